The molecular weight excluding hydrogens is 380 g/mol. The predicted octanol–water partition coefficient (Wildman–Crippen LogP) is 3.62. The Bertz CT molecular complexity index is 1000. The van der Waals surface area contributed by atoms with Gasteiger partial charge in [-0.25, -0.2) is 4.21 Å². The van der Waals surface area contributed by atoms with E-state index in [9.17, 15) is 8.76 Å². The van der Waals surface area contributed by atoms with Gasteiger partial charge >= 0.3 is 0 Å². The fraction of sp³-hybridized carbons (Fsp3) is 0.263. The van der Waals surface area contributed by atoms with Crippen molar-refractivity contribution >= 4 is 28.7 Å². The molecule has 0 saturated carbocycles. The average Bonchev–Trinajstić information content (AvgIpc) is 2.85. The highest BCUT2D eigenvalue weighted by atomic mass is 32.2. The summed E-state index contributed by atoms with van der Waals surface area (Å²) in [4.78, 5) is 4.92. The van der Waals surface area contributed by atoms with Crippen molar-refractivity contribution in [1.29, 1.82) is 0 Å². The van der Waals surface area contributed by atoms with E-state index in [2.05, 4.69) is 10.3 Å². The average molecular weight is 401 g/mol. The summed E-state index contributed by atoms with van der Waals surface area (Å²) in [6, 6.07) is 11.3. The van der Waals surface area contributed by atoms with Crippen LogP contribution in [0, 0.1) is 6.92 Å². The van der Waals surface area contributed by atoms with Crippen molar-refractivity contribution in [2.75, 3.05) is 17.6 Å². The molecule has 0 saturated heterocycles. The van der Waals surface area contributed by atoms with E-state index in [4.69, 9.17) is 5.10 Å². The van der Waals surface area contributed by atoms with E-state index in [-0.39, 0.29) is 5.25 Å². The van der Waals surface area contributed by atoms with Crippen molar-refractivity contribution < 1.29 is 8.76 Å². The number of nitrogens with one attached hydrogen (secondary N) is 1. The number of aromatic nitrogens is 3. The van der Waals surface area contributed by atoms with Gasteiger partial charge in [0.2, 0.25) is 0 Å². The van der Waals surface area contributed by atoms with Crippen LogP contribution in [0.1, 0.15) is 21.9 Å². The van der Waals surface area contributed by atoms with Crippen molar-refractivity contribution in [3.63, 3.8) is 0 Å². The van der Waals surface area contributed by atoms with Crippen LogP contribution in [0.3, 0.4) is 0 Å². The summed E-state index contributed by atoms with van der Waals surface area (Å²) in [7, 11) is 1.94. The molecule has 1 aliphatic rings. The van der Waals surface area contributed by atoms with E-state index in [1.807, 2.05) is 54.7 Å². The molecule has 1 aromatic carbocycles. The third-order valence-corrected chi connectivity index (χ3v) is 6.58. The molecule has 6 nitrogen and oxygen atoms in total. The minimum Gasteiger partial charge on any atom is -0.369 e. The van der Waals surface area contributed by atoms with Crippen LogP contribution in [0.15, 0.2) is 47.5 Å². The highest BCUT2D eigenvalue weighted by Crippen LogP contribution is 2.46. The molecule has 1 aliphatic heterocycles. The molecule has 0 bridgehead atoms. The van der Waals surface area contributed by atoms with E-state index in [0.29, 0.717) is 4.90 Å². The Morgan fingerprint density at radius 2 is 2.19 bits per heavy atom. The zero-order valence-electron chi connectivity index (χ0n) is 15.0. The molecule has 0 spiro atoms. The molecule has 4 rings (SSSR count). The summed E-state index contributed by atoms with van der Waals surface area (Å²) >= 11 is -0.128. The number of hydrogen-bond donors (Lipinski definition) is 2. The largest absolute Gasteiger partial charge is 0.369 e. The molecule has 140 valence electrons. The minimum absolute atomic E-state index is 0.0712. The number of pyridine rings is 1. The van der Waals surface area contributed by atoms with Crippen LogP contribution in [-0.4, -0.2) is 35.8 Å². The maximum atomic E-state index is 11.4. The van der Waals surface area contributed by atoms with Crippen LogP contribution in [0.2, 0.25) is 0 Å². The predicted molar refractivity (Wildman–Crippen MR) is 109 cm³/mol. The van der Waals surface area contributed by atoms with Crippen LogP contribution < -0.4 is 5.32 Å². The molecule has 3 heterocycles. The second kappa shape index (κ2) is 7.46. The van der Waals surface area contributed by atoms with Gasteiger partial charge < -0.3 is 9.87 Å². The minimum atomic E-state index is -1.98. The van der Waals surface area contributed by atoms with E-state index in [0.717, 1.165) is 46.2 Å². The zero-order valence-corrected chi connectivity index (χ0v) is 16.7. The SMILES string of the molecule is Cc1cc(S(=O)O)ccc1C1SCCNc2c1c(-c1ccccn1)nn2C. The third kappa shape index (κ3) is 3.40. The number of hydrogen-bond acceptors (Lipinski definition) is 5. The summed E-state index contributed by atoms with van der Waals surface area (Å²) in [5, 5.41) is 8.31. The molecule has 0 amide bonds. The lowest BCUT2D eigenvalue weighted by Gasteiger charge is -2.19. The Kier molecular flexibility index (Phi) is 5.03. The number of benzene rings is 1. The molecule has 2 aromatic heterocycles. The second-order valence-corrected chi connectivity index (χ2v) is 8.58. The van der Waals surface area contributed by atoms with Crippen LogP contribution in [0.5, 0.6) is 0 Å². The molecule has 2 unspecified atom stereocenters. The maximum Gasteiger partial charge on any atom is 0.186 e. The Morgan fingerprint density at radius 1 is 1.33 bits per heavy atom. The van der Waals surface area contributed by atoms with Crippen molar-refractivity contribution in [1.82, 2.24) is 14.8 Å². The number of nitrogens with zero attached hydrogens (tertiary/aromatic N) is 3. The molecule has 0 fully saturated rings. The number of rotatable bonds is 3. The van der Waals surface area contributed by atoms with Gasteiger partial charge in [-0.05, 0) is 42.3 Å². The van der Waals surface area contributed by atoms with Gasteiger partial charge in [0.1, 0.15) is 11.5 Å². The molecule has 3 aromatic rings. The first-order valence-corrected chi connectivity index (χ1v) is 10.8. The van der Waals surface area contributed by atoms with Gasteiger partial charge in [-0.3, -0.25) is 9.67 Å². The van der Waals surface area contributed by atoms with E-state index < -0.39 is 11.1 Å². The maximum absolute atomic E-state index is 11.4. The van der Waals surface area contributed by atoms with Crippen molar-refractivity contribution in [2.45, 2.75) is 17.1 Å². The topological polar surface area (TPSA) is 80.0 Å². The first kappa shape index (κ1) is 18.2. The van der Waals surface area contributed by atoms with Gasteiger partial charge in [0.05, 0.1) is 15.8 Å². The summed E-state index contributed by atoms with van der Waals surface area (Å²) in [6.45, 7) is 2.84. The lowest BCUT2D eigenvalue weighted by Crippen LogP contribution is -2.06. The summed E-state index contributed by atoms with van der Waals surface area (Å²) in [5.74, 6) is 1.95. The van der Waals surface area contributed by atoms with Gasteiger partial charge in [0, 0.05) is 31.1 Å². The van der Waals surface area contributed by atoms with Gasteiger partial charge in [0.25, 0.3) is 0 Å². The molecule has 2 atom stereocenters. The van der Waals surface area contributed by atoms with E-state index >= 15 is 0 Å². The normalized spacial score (nSPS) is 17.7. The quantitative estimate of drug-likeness (QED) is 0.654. The van der Waals surface area contributed by atoms with Crippen LogP contribution in [-0.2, 0) is 18.1 Å². The van der Waals surface area contributed by atoms with Gasteiger partial charge in [-0.1, -0.05) is 12.1 Å². The van der Waals surface area contributed by atoms with E-state index in [1.165, 1.54) is 0 Å². The monoisotopic (exact) mass is 400 g/mol. The lowest BCUT2D eigenvalue weighted by atomic mass is 9.98. The summed E-state index contributed by atoms with van der Waals surface area (Å²) in [5.41, 5.74) is 4.95. The second-order valence-electron chi connectivity index (χ2n) is 6.39. The number of thioether (sulfide) groups is 1. The van der Waals surface area contributed by atoms with Crippen molar-refractivity contribution in [3.8, 4) is 11.4 Å². The smallest absolute Gasteiger partial charge is 0.186 e. The van der Waals surface area contributed by atoms with E-state index in [1.54, 1.807) is 18.3 Å². The van der Waals surface area contributed by atoms with Crippen LogP contribution in [0.4, 0.5) is 5.82 Å². The Balaban J connectivity index is 1.89. The lowest BCUT2D eigenvalue weighted by molar-refractivity contribution is 0.564. The molecule has 8 heteroatoms. The molecule has 27 heavy (non-hydrogen) atoms. The molecular formula is C19H20N4O2S2. The van der Waals surface area contributed by atoms with Crippen molar-refractivity contribution in [3.05, 3.63) is 59.3 Å². The fourth-order valence-corrected chi connectivity index (χ4v) is 5.17. The molecule has 2 N–H and O–H groups in total. The summed E-state index contributed by atoms with van der Waals surface area (Å²) < 4.78 is 22.7. The number of fused-ring (bicyclic) bond motifs is 1. The van der Waals surface area contributed by atoms with Crippen LogP contribution in [0.25, 0.3) is 11.4 Å². The number of aryl methyl sites for hydroxylation is 2. The van der Waals surface area contributed by atoms with Gasteiger partial charge in [0.15, 0.2) is 11.1 Å². The first-order chi connectivity index (χ1) is 13.1. The highest BCUT2D eigenvalue weighted by Gasteiger charge is 2.30. The Hall–Kier alpha value is -2.16. The highest BCUT2D eigenvalue weighted by molar-refractivity contribution is 7.99. The molecule has 0 radical (unpaired) electrons. The standard InChI is InChI=1S/C19H20N4O2S2/c1-12-11-13(27(24)25)6-7-14(12)18-16-17(15-5-3-4-8-20-15)22-23(2)19(16)21-9-10-26-18/h3-8,11,18,21H,9-10H2,1-2H3,(H,24,25). The third-order valence-electron chi connectivity index (χ3n) is 4.66. The molecule has 0 aliphatic carbocycles. The van der Waals surface area contributed by atoms with Crippen LogP contribution >= 0.6 is 11.8 Å². The Morgan fingerprint density at radius 3 is 2.89 bits per heavy atom. The summed E-state index contributed by atoms with van der Waals surface area (Å²) in [6.07, 6.45) is 1.78. The van der Waals surface area contributed by atoms with Crippen molar-refractivity contribution in [2.24, 2.45) is 7.05 Å². The first-order valence-electron chi connectivity index (χ1n) is 8.61. The Labute approximate surface area is 164 Å². The fourth-order valence-electron chi connectivity index (χ4n) is 3.42. The van der Waals surface area contributed by atoms with Gasteiger partial charge in [-0.15, -0.1) is 11.8 Å². The number of anilines is 1. The zero-order chi connectivity index (χ0) is 19.0. The van der Waals surface area contributed by atoms with Gasteiger partial charge in [-0.2, -0.15) is 5.10 Å².